The maximum atomic E-state index is 12.0. The van der Waals surface area contributed by atoms with Crippen molar-refractivity contribution in [1.29, 1.82) is 0 Å². The molecule has 9 heteroatoms. The van der Waals surface area contributed by atoms with Gasteiger partial charge in [0, 0.05) is 33.3 Å². The Morgan fingerprint density at radius 2 is 1.67 bits per heavy atom. The molecule has 2 N–H and O–H groups in total. The zero-order valence-corrected chi connectivity index (χ0v) is 17.4. The summed E-state index contributed by atoms with van der Waals surface area (Å²) in [6.45, 7) is 10.2. The van der Waals surface area contributed by atoms with E-state index in [2.05, 4.69) is 4.99 Å². The summed E-state index contributed by atoms with van der Waals surface area (Å²) in [7, 11) is 1.64. The molecule has 0 aromatic heterocycles. The topological polar surface area (TPSA) is 89.6 Å². The third-order valence-electron chi connectivity index (χ3n) is 3.20. The molecule has 0 saturated carbocycles. The fraction of sp³-hybridized carbons (Fsp3) is 0.867. The molecule has 142 valence electrons. The molecular formula is C15H31IN4O4. The summed E-state index contributed by atoms with van der Waals surface area (Å²) >= 11 is 0. The van der Waals surface area contributed by atoms with Crippen molar-refractivity contribution in [2.45, 2.75) is 26.4 Å². The number of hydrogen-bond donors (Lipinski definition) is 1. The molecule has 0 aliphatic carbocycles. The molecular weight excluding hydrogens is 427 g/mol. The maximum Gasteiger partial charge on any atom is 0.410 e. The van der Waals surface area contributed by atoms with Crippen LogP contribution in [-0.2, 0) is 14.2 Å². The molecule has 0 aromatic carbocycles. The summed E-state index contributed by atoms with van der Waals surface area (Å²) in [5.74, 6) is 0.490. The summed E-state index contributed by atoms with van der Waals surface area (Å²) in [4.78, 5) is 19.9. The monoisotopic (exact) mass is 458 g/mol. The van der Waals surface area contributed by atoms with Crippen LogP contribution in [0.3, 0.4) is 0 Å². The Morgan fingerprint density at radius 3 is 2.21 bits per heavy atom. The quantitative estimate of drug-likeness (QED) is 0.278. The number of amides is 1. The average molecular weight is 458 g/mol. The normalized spacial score (nSPS) is 15.9. The second kappa shape index (κ2) is 11.7. The number of halogens is 1. The largest absolute Gasteiger partial charge is 0.444 e. The number of carbonyl (C=O) groups is 1. The van der Waals surface area contributed by atoms with Gasteiger partial charge >= 0.3 is 6.09 Å². The standard InChI is InChI=1S/C15H30N4O4.HI/c1-15(2,3)23-14(20)19-8-6-18(7-9-19)13(16)17-5-10-22-12-11-21-4;/h5-12H2,1-4H3,(H2,16,17);1H. The minimum atomic E-state index is -0.475. The molecule has 1 saturated heterocycles. The molecule has 1 aliphatic rings. The van der Waals surface area contributed by atoms with Crippen LogP contribution >= 0.6 is 24.0 Å². The van der Waals surface area contributed by atoms with Crippen molar-refractivity contribution in [3.8, 4) is 0 Å². The highest BCUT2D eigenvalue weighted by Gasteiger charge is 2.26. The first-order chi connectivity index (χ1) is 10.8. The Morgan fingerprint density at radius 1 is 1.08 bits per heavy atom. The first-order valence-electron chi connectivity index (χ1n) is 7.93. The molecule has 0 radical (unpaired) electrons. The van der Waals surface area contributed by atoms with E-state index in [1.807, 2.05) is 25.7 Å². The Balaban J connectivity index is 0.00000529. The molecule has 24 heavy (non-hydrogen) atoms. The van der Waals surface area contributed by atoms with Crippen LogP contribution < -0.4 is 5.73 Å². The van der Waals surface area contributed by atoms with Gasteiger partial charge in [-0.1, -0.05) is 0 Å². The van der Waals surface area contributed by atoms with Crippen LogP contribution in [0.5, 0.6) is 0 Å². The van der Waals surface area contributed by atoms with E-state index in [0.717, 1.165) is 0 Å². The van der Waals surface area contributed by atoms with Crippen molar-refractivity contribution < 1.29 is 19.0 Å². The molecule has 0 atom stereocenters. The molecule has 1 rings (SSSR count). The fourth-order valence-corrected chi connectivity index (χ4v) is 2.01. The summed E-state index contributed by atoms with van der Waals surface area (Å²) in [5.41, 5.74) is 5.50. The summed E-state index contributed by atoms with van der Waals surface area (Å²) in [6, 6.07) is 0. The van der Waals surface area contributed by atoms with Gasteiger partial charge in [0.2, 0.25) is 0 Å². The molecule has 1 fully saturated rings. The van der Waals surface area contributed by atoms with Crippen LogP contribution in [0.4, 0.5) is 4.79 Å². The Kier molecular flexibility index (Phi) is 11.3. The predicted molar refractivity (Wildman–Crippen MR) is 104 cm³/mol. The number of piperazine rings is 1. The fourth-order valence-electron chi connectivity index (χ4n) is 2.01. The highest BCUT2D eigenvalue weighted by atomic mass is 127. The smallest absolute Gasteiger partial charge is 0.410 e. The van der Waals surface area contributed by atoms with E-state index < -0.39 is 5.60 Å². The zero-order chi connectivity index (χ0) is 17.3. The van der Waals surface area contributed by atoms with Crippen LogP contribution in [0.2, 0.25) is 0 Å². The summed E-state index contributed by atoms with van der Waals surface area (Å²) < 4.78 is 15.6. The third-order valence-corrected chi connectivity index (χ3v) is 3.20. The van der Waals surface area contributed by atoms with Gasteiger partial charge in [-0.2, -0.15) is 0 Å². The Bertz CT molecular complexity index is 393. The predicted octanol–water partition coefficient (Wildman–Crippen LogP) is 1.13. The van der Waals surface area contributed by atoms with Gasteiger partial charge in [0.05, 0.1) is 26.4 Å². The van der Waals surface area contributed by atoms with Crippen molar-refractivity contribution >= 4 is 36.0 Å². The van der Waals surface area contributed by atoms with Crippen molar-refractivity contribution in [2.24, 2.45) is 10.7 Å². The van der Waals surface area contributed by atoms with E-state index in [1.54, 1.807) is 12.0 Å². The number of methoxy groups -OCH3 is 1. The molecule has 0 unspecified atom stereocenters. The second-order valence-corrected chi connectivity index (χ2v) is 6.30. The second-order valence-electron chi connectivity index (χ2n) is 6.30. The minimum absolute atomic E-state index is 0. The molecule has 1 heterocycles. The molecule has 0 aromatic rings. The molecule has 0 spiro atoms. The number of hydrogen-bond acceptors (Lipinski definition) is 5. The van der Waals surface area contributed by atoms with Gasteiger partial charge in [-0.15, -0.1) is 24.0 Å². The van der Waals surface area contributed by atoms with Crippen molar-refractivity contribution in [1.82, 2.24) is 9.80 Å². The number of nitrogens with zero attached hydrogens (tertiary/aromatic N) is 3. The molecule has 8 nitrogen and oxygen atoms in total. The van der Waals surface area contributed by atoms with Gasteiger partial charge < -0.3 is 29.7 Å². The minimum Gasteiger partial charge on any atom is -0.444 e. The van der Waals surface area contributed by atoms with Gasteiger partial charge in [0.15, 0.2) is 5.96 Å². The van der Waals surface area contributed by atoms with E-state index in [-0.39, 0.29) is 30.1 Å². The van der Waals surface area contributed by atoms with Gasteiger partial charge in [-0.3, -0.25) is 4.99 Å². The van der Waals surface area contributed by atoms with E-state index in [0.29, 0.717) is 58.5 Å². The number of carbonyl (C=O) groups excluding carboxylic acids is 1. The lowest BCUT2D eigenvalue weighted by Gasteiger charge is -2.36. The van der Waals surface area contributed by atoms with E-state index in [4.69, 9.17) is 19.9 Å². The third kappa shape index (κ3) is 9.48. The molecule has 1 amide bonds. The highest BCUT2D eigenvalue weighted by Crippen LogP contribution is 2.11. The number of guanidine groups is 1. The van der Waals surface area contributed by atoms with Crippen LogP contribution in [0.1, 0.15) is 20.8 Å². The lowest BCUT2D eigenvalue weighted by molar-refractivity contribution is 0.0186. The van der Waals surface area contributed by atoms with Crippen LogP contribution in [0.15, 0.2) is 4.99 Å². The van der Waals surface area contributed by atoms with Crippen LogP contribution in [0.25, 0.3) is 0 Å². The Hall–Kier alpha value is -0.810. The lowest BCUT2D eigenvalue weighted by atomic mass is 10.2. The zero-order valence-electron chi connectivity index (χ0n) is 15.1. The lowest BCUT2D eigenvalue weighted by Crippen LogP contribution is -2.53. The van der Waals surface area contributed by atoms with Crippen molar-refractivity contribution in [3.05, 3.63) is 0 Å². The Labute approximate surface area is 161 Å². The van der Waals surface area contributed by atoms with E-state index in [1.165, 1.54) is 0 Å². The van der Waals surface area contributed by atoms with Gasteiger partial charge in [0.1, 0.15) is 5.60 Å². The first kappa shape index (κ1) is 23.2. The number of aliphatic imine (C=N–C) groups is 1. The summed E-state index contributed by atoms with van der Waals surface area (Å²) in [6.07, 6.45) is -0.279. The van der Waals surface area contributed by atoms with Gasteiger partial charge in [0.25, 0.3) is 0 Å². The van der Waals surface area contributed by atoms with E-state index in [9.17, 15) is 4.79 Å². The molecule has 0 bridgehead atoms. The van der Waals surface area contributed by atoms with Crippen LogP contribution in [0, 0.1) is 0 Å². The number of ether oxygens (including phenoxy) is 3. The number of rotatable bonds is 6. The van der Waals surface area contributed by atoms with Gasteiger partial charge in [-0.25, -0.2) is 4.79 Å². The average Bonchev–Trinajstić information content (AvgIpc) is 2.49. The van der Waals surface area contributed by atoms with E-state index >= 15 is 0 Å². The molecule has 1 aliphatic heterocycles. The maximum absolute atomic E-state index is 12.0. The van der Waals surface area contributed by atoms with Crippen LogP contribution in [-0.4, -0.2) is 87.1 Å². The van der Waals surface area contributed by atoms with Gasteiger partial charge in [-0.05, 0) is 20.8 Å². The first-order valence-corrected chi connectivity index (χ1v) is 7.93. The highest BCUT2D eigenvalue weighted by molar-refractivity contribution is 14.0. The van der Waals surface area contributed by atoms with Crippen molar-refractivity contribution in [3.63, 3.8) is 0 Å². The number of nitrogens with two attached hydrogens (primary N) is 1. The van der Waals surface area contributed by atoms with Crippen molar-refractivity contribution in [2.75, 3.05) is 59.7 Å². The SMILES string of the molecule is COCCOCCN=C(N)N1CCN(C(=O)OC(C)(C)C)CC1.I. The summed E-state index contributed by atoms with van der Waals surface area (Å²) in [5, 5.41) is 0.